The Balaban J connectivity index is 2.85. The summed E-state index contributed by atoms with van der Waals surface area (Å²) in [6.45, 7) is 10.4. The molecular formula is C11H22N4. The number of aromatic nitrogens is 3. The maximum atomic E-state index is 6.04. The molecule has 15 heavy (non-hydrogen) atoms. The molecule has 0 amide bonds. The molecule has 4 nitrogen and oxygen atoms in total. The fourth-order valence-corrected chi connectivity index (χ4v) is 1.95. The predicted molar refractivity (Wildman–Crippen MR) is 61.6 cm³/mol. The minimum atomic E-state index is -0.193. The third kappa shape index (κ3) is 3.30. The van der Waals surface area contributed by atoms with Gasteiger partial charge in [0.25, 0.3) is 0 Å². The second-order valence-electron chi connectivity index (χ2n) is 5.49. The Morgan fingerprint density at radius 2 is 1.93 bits per heavy atom. The Labute approximate surface area is 91.9 Å². The Morgan fingerprint density at radius 1 is 1.33 bits per heavy atom. The van der Waals surface area contributed by atoms with Crippen LogP contribution in [0.2, 0.25) is 0 Å². The van der Waals surface area contributed by atoms with Crippen LogP contribution in [-0.2, 0) is 12.0 Å². The van der Waals surface area contributed by atoms with E-state index in [9.17, 15) is 0 Å². The fraction of sp³-hybridized carbons (Fsp3) is 0.818. The number of nitrogens with zero attached hydrogens (tertiary/aromatic N) is 3. The van der Waals surface area contributed by atoms with Crippen LogP contribution in [0.5, 0.6) is 0 Å². The molecule has 0 spiro atoms. The van der Waals surface area contributed by atoms with E-state index in [4.69, 9.17) is 5.73 Å². The molecule has 0 unspecified atom stereocenters. The van der Waals surface area contributed by atoms with Crippen LogP contribution >= 0.6 is 0 Å². The summed E-state index contributed by atoms with van der Waals surface area (Å²) >= 11 is 0. The van der Waals surface area contributed by atoms with Crippen molar-refractivity contribution in [3.63, 3.8) is 0 Å². The average molecular weight is 210 g/mol. The van der Waals surface area contributed by atoms with Crippen molar-refractivity contribution >= 4 is 0 Å². The Morgan fingerprint density at radius 3 is 2.33 bits per heavy atom. The van der Waals surface area contributed by atoms with Crippen LogP contribution in [0.15, 0.2) is 6.20 Å². The van der Waals surface area contributed by atoms with E-state index in [1.165, 1.54) is 0 Å². The summed E-state index contributed by atoms with van der Waals surface area (Å²) in [5, 5.41) is 8.26. The number of hydrogen-bond acceptors (Lipinski definition) is 3. The summed E-state index contributed by atoms with van der Waals surface area (Å²) in [6, 6.07) is 0. The van der Waals surface area contributed by atoms with Gasteiger partial charge in [0.15, 0.2) is 0 Å². The lowest BCUT2D eigenvalue weighted by atomic mass is 9.88. The van der Waals surface area contributed by atoms with E-state index in [1.54, 1.807) is 0 Å². The van der Waals surface area contributed by atoms with E-state index < -0.39 is 0 Å². The van der Waals surface area contributed by atoms with Gasteiger partial charge in [-0.15, -0.1) is 5.10 Å². The minimum absolute atomic E-state index is 0.0847. The Hall–Kier alpha value is -0.900. The van der Waals surface area contributed by atoms with Crippen molar-refractivity contribution in [2.75, 3.05) is 0 Å². The lowest BCUT2D eigenvalue weighted by Crippen LogP contribution is -2.42. The second-order valence-corrected chi connectivity index (χ2v) is 5.49. The normalized spacial score (nSPS) is 13.2. The van der Waals surface area contributed by atoms with Crippen LogP contribution in [0.4, 0.5) is 0 Å². The number of rotatable bonds is 4. The molecule has 1 aromatic rings. The van der Waals surface area contributed by atoms with Gasteiger partial charge in [-0.1, -0.05) is 12.1 Å². The molecule has 0 aliphatic rings. The van der Waals surface area contributed by atoms with Crippen molar-refractivity contribution in [1.29, 1.82) is 0 Å². The van der Waals surface area contributed by atoms with Crippen molar-refractivity contribution in [3.8, 4) is 0 Å². The van der Waals surface area contributed by atoms with E-state index in [2.05, 4.69) is 31.1 Å². The van der Waals surface area contributed by atoms with Crippen LogP contribution in [0.3, 0.4) is 0 Å². The number of aryl methyl sites for hydroxylation is 1. The average Bonchev–Trinajstić information content (AvgIpc) is 2.47. The van der Waals surface area contributed by atoms with Gasteiger partial charge in [-0.3, -0.25) is 0 Å². The third-order valence-electron chi connectivity index (χ3n) is 2.41. The van der Waals surface area contributed by atoms with Gasteiger partial charge >= 0.3 is 0 Å². The SMILES string of the molecule is CCc1cn(C(C)(C)CC(C)(C)N)nn1. The molecule has 0 saturated heterocycles. The smallest absolute Gasteiger partial charge is 0.0824 e. The van der Waals surface area contributed by atoms with Crippen LogP contribution in [0.1, 0.15) is 46.7 Å². The molecule has 4 heteroatoms. The zero-order valence-corrected chi connectivity index (χ0v) is 10.4. The summed E-state index contributed by atoms with van der Waals surface area (Å²) in [5.41, 5.74) is 6.79. The van der Waals surface area contributed by atoms with E-state index in [-0.39, 0.29) is 11.1 Å². The van der Waals surface area contributed by atoms with Crippen molar-refractivity contribution in [2.45, 2.75) is 58.5 Å². The van der Waals surface area contributed by atoms with Crippen LogP contribution in [-0.4, -0.2) is 20.5 Å². The van der Waals surface area contributed by atoms with E-state index in [0.717, 1.165) is 18.5 Å². The maximum Gasteiger partial charge on any atom is 0.0824 e. The molecule has 0 fully saturated rings. The zero-order chi connectivity index (χ0) is 11.7. The highest BCUT2D eigenvalue weighted by Crippen LogP contribution is 2.24. The van der Waals surface area contributed by atoms with Gasteiger partial charge in [-0.2, -0.15) is 0 Å². The Bertz CT molecular complexity index is 320. The van der Waals surface area contributed by atoms with Crippen molar-refractivity contribution in [2.24, 2.45) is 5.73 Å². The summed E-state index contributed by atoms with van der Waals surface area (Å²) < 4.78 is 1.92. The standard InChI is InChI=1S/C11H22N4/c1-6-9-7-15(14-13-9)11(4,5)8-10(2,3)12/h7H,6,8,12H2,1-5H3. The molecule has 0 atom stereocenters. The predicted octanol–water partition coefficient (Wildman–Crippen LogP) is 1.70. The van der Waals surface area contributed by atoms with Crippen molar-refractivity contribution in [1.82, 2.24) is 15.0 Å². The monoisotopic (exact) mass is 210 g/mol. The highest BCUT2D eigenvalue weighted by Gasteiger charge is 2.28. The fourth-order valence-electron chi connectivity index (χ4n) is 1.95. The lowest BCUT2D eigenvalue weighted by Gasteiger charge is -2.32. The molecule has 0 bridgehead atoms. The zero-order valence-electron chi connectivity index (χ0n) is 10.4. The van der Waals surface area contributed by atoms with Crippen LogP contribution in [0.25, 0.3) is 0 Å². The first-order valence-electron chi connectivity index (χ1n) is 5.45. The first-order chi connectivity index (χ1) is 6.74. The molecule has 0 radical (unpaired) electrons. The highest BCUT2D eigenvalue weighted by molar-refractivity contribution is 4.96. The summed E-state index contributed by atoms with van der Waals surface area (Å²) in [6.07, 6.45) is 3.79. The van der Waals surface area contributed by atoms with Gasteiger partial charge in [0.1, 0.15) is 0 Å². The molecule has 1 aromatic heterocycles. The maximum absolute atomic E-state index is 6.04. The lowest BCUT2D eigenvalue weighted by molar-refractivity contribution is 0.233. The van der Waals surface area contributed by atoms with Crippen LogP contribution in [0, 0.1) is 0 Å². The quantitative estimate of drug-likeness (QED) is 0.823. The van der Waals surface area contributed by atoms with Gasteiger partial charge in [0.05, 0.1) is 11.2 Å². The van der Waals surface area contributed by atoms with E-state index >= 15 is 0 Å². The molecule has 1 rings (SSSR count). The summed E-state index contributed by atoms with van der Waals surface area (Å²) in [5.74, 6) is 0. The number of hydrogen-bond donors (Lipinski definition) is 1. The molecule has 1 heterocycles. The van der Waals surface area contributed by atoms with Crippen LogP contribution < -0.4 is 5.73 Å². The third-order valence-corrected chi connectivity index (χ3v) is 2.41. The van der Waals surface area contributed by atoms with Crippen molar-refractivity contribution < 1.29 is 0 Å². The van der Waals surface area contributed by atoms with E-state index in [0.29, 0.717) is 0 Å². The molecule has 0 aliphatic carbocycles. The minimum Gasteiger partial charge on any atom is -0.325 e. The van der Waals surface area contributed by atoms with Gasteiger partial charge in [-0.05, 0) is 40.5 Å². The second kappa shape index (κ2) is 3.93. The van der Waals surface area contributed by atoms with Gasteiger partial charge < -0.3 is 5.73 Å². The molecule has 0 aromatic carbocycles. The molecule has 2 N–H and O–H groups in total. The van der Waals surface area contributed by atoms with E-state index in [1.807, 2.05) is 24.7 Å². The molecule has 0 saturated carbocycles. The van der Waals surface area contributed by atoms with Gasteiger partial charge in [0.2, 0.25) is 0 Å². The topological polar surface area (TPSA) is 56.7 Å². The first kappa shape index (κ1) is 12.2. The van der Waals surface area contributed by atoms with Gasteiger partial charge in [0, 0.05) is 11.7 Å². The largest absolute Gasteiger partial charge is 0.325 e. The first-order valence-corrected chi connectivity index (χ1v) is 5.45. The Kier molecular flexibility index (Phi) is 3.19. The molecule has 86 valence electrons. The number of nitrogens with two attached hydrogens (primary N) is 1. The molecular weight excluding hydrogens is 188 g/mol. The summed E-state index contributed by atoms with van der Waals surface area (Å²) in [4.78, 5) is 0. The highest BCUT2D eigenvalue weighted by atomic mass is 15.4. The molecule has 0 aliphatic heterocycles. The van der Waals surface area contributed by atoms with Gasteiger partial charge in [-0.25, -0.2) is 4.68 Å². The van der Waals surface area contributed by atoms with Crippen molar-refractivity contribution in [3.05, 3.63) is 11.9 Å². The summed E-state index contributed by atoms with van der Waals surface area (Å²) in [7, 11) is 0.